The average molecular weight is 270 g/mol. The van der Waals surface area contributed by atoms with Crippen LogP contribution in [0.2, 0.25) is 0 Å². The summed E-state index contributed by atoms with van der Waals surface area (Å²) in [6, 6.07) is 3.65. The topological polar surface area (TPSA) is 61.4 Å². The van der Waals surface area contributed by atoms with E-state index in [4.69, 9.17) is 0 Å². The van der Waals surface area contributed by atoms with Crippen molar-refractivity contribution in [1.29, 1.82) is 0 Å². The molecule has 0 saturated heterocycles. The SMILES string of the molecule is CC[C@H](C)[C@H](C)NC(=O)NC[C@@H](O)c1cccs1. The van der Waals surface area contributed by atoms with E-state index in [1.165, 1.54) is 11.3 Å². The minimum absolute atomic E-state index is 0.133. The van der Waals surface area contributed by atoms with Crippen molar-refractivity contribution in [2.75, 3.05) is 6.54 Å². The van der Waals surface area contributed by atoms with Gasteiger partial charge in [0.1, 0.15) is 6.10 Å². The third-order valence-corrected chi connectivity index (χ3v) is 4.16. The van der Waals surface area contributed by atoms with Crippen LogP contribution in [0.25, 0.3) is 0 Å². The Labute approximate surface area is 112 Å². The van der Waals surface area contributed by atoms with E-state index in [1.54, 1.807) is 0 Å². The minimum Gasteiger partial charge on any atom is -0.386 e. The molecular formula is C13H22N2O2S. The highest BCUT2D eigenvalue weighted by atomic mass is 32.1. The van der Waals surface area contributed by atoms with Gasteiger partial charge in [-0.15, -0.1) is 11.3 Å². The van der Waals surface area contributed by atoms with Crippen LogP contribution in [0, 0.1) is 5.92 Å². The number of aliphatic hydroxyl groups excluding tert-OH is 1. The molecule has 102 valence electrons. The number of hydrogen-bond acceptors (Lipinski definition) is 3. The predicted molar refractivity (Wildman–Crippen MR) is 74.7 cm³/mol. The number of carbonyl (C=O) groups excluding carboxylic acids is 1. The molecule has 1 rings (SSSR count). The Hall–Kier alpha value is -1.07. The lowest BCUT2D eigenvalue weighted by molar-refractivity contribution is 0.175. The quantitative estimate of drug-likeness (QED) is 0.744. The molecule has 0 spiro atoms. The molecule has 0 radical (unpaired) electrons. The zero-order valence-electron chi connectivity index (χ0n) is 11.1. The fourth-order valence-corrected chi connectivity index (χ4v) is 2.24. The summed E-state index contributed by atoms with van der Waals surface area (Å²) in [6.07, 6.45) is 0.397. The van der Waals surface area contributed by atoms with E-state index in [2.05, 4.69) is 24.5 Å². The molecule has 3 N–H and O–H groups in total. The van der Waals surface area contributed by atoms with Crippen LogP contribution in [0.3, 0.4) is 0 Å². The van der Waals surface area contributed by atoms with Gasteiger partial charge in [-0.3, -0.25) is 0 Å². The summed E-state index contributed by atoms with van der Waals surface area (Å²) in [4.78, 5) is 12.5. The van der Waals surface area contributed by atoms with E-state index < -0.39 is 6.10 Å². The summed E-state index contributed by atoms with van der Waals surface area (Å²) >= 11 is 1.48. The summed E-state index contributed by atoms with van der Waals surface area (Å²) in [5, 5.41) is 17.3. The Morgan fingerprint density at radius 3 is 2.78 bits per heavy atom. The number of amides is 2. The van der Waals surface area contributed by atoms with Crippen LogP contribution in [0.4, 0.5) is 4.79 Å². The van der Waals surface area contributed by atoms with E-state index in [1.807, 2.05) is 24.4 Å². The smallest absolute Gasteiger partial charge is 0.315 e. The maximum Gasteiger partial charge on any atom is 0.315 e. The molecular weight excluding hydrogens is 248 g/mol. The van der Waals surface area contributed by atoms with Gasteiger partial charge in [0.15, 0.2) is 0 Å². The summed E-state index contributed by atoms with van der Waals surface area (Å²) in [5.74, 6) is 0.443. The predicted octanol–water partition coefficient (Wildman–Crippen LogP) is 2.52. The first-order chi connectivity index (χ1) is 8.54. The van der Waals surface area contributed by atoms with Gasteiger partial charge in [-0.25, -0.2) is 4.79 Å². The van der Waals surface area contributed by atoms with E-state index >= 15 is 0 Å². The van der Waals surface area contributed by atoms with Gasteiger partial charge in [0, 0.05) is 10.9 Å². The Morgan fingerprint density at radius 2 is 2.22 bits per heavy atom. The number of rotatable bonds is 6. The van der Waals surface area contributed by atoms with E-state index in [0.717, 1.165) is 11.3 Å². The van der Waals surface area contributed by atoms with Crippen LogP contribution in [-0.2, 0) is 0 Å². The fourth-order valence-electron chi connectivity index (χ4n) is 1.52. The molecule has 4 nitrogen and oxygen atoms in total. The van der Waals surface area contributed by atoms with E-state index in [9.17, 15) is 9.90 Å². The Bertz CT molecular complexity index is 354. The summed E-state index contributed by atoms with van der Waals surface area (Å²) < 4.78 is 0. The third kappa shape index (κ3) is 4.66. The Balaban J connectivity index is 2.29. The van der Waals surface area contributed by atoms with Gasteiger partial charge >= 0.3 is 6.03 Å². The second kappa shape index (κ2) is 7.38. The highest BCUT2D eigenvalue weighted by Crippen LogP contribution is 2.17. The lowest BCUT2D eigenvalue weighted by Crippen LogP contribution is -2.44. The number of thiophene rings is 1. The zero-order chi connectivity index (χ0) is 13.5. The van der Waals surface area contributed by atoms with Crippen molar-refractivity contribution >= 4 is 17.4 Å². The first-order valence-electron chi connectivity index (χ1n) is 6.30. The summed E-state index contributed by atoms with van der Waals surface area (Å²) in [5.41, 5.74) is 0. The molecule has 18 heavy (non-hydrogen) atoms. The molecule has 0 bridgehead atoms. The summed E-state index contributed by atoms with van der Waals surface area (Å²) in [7, 11) is 0. The standard InChI is InChI=1S/C13H22N2O2S/c1-4-9(2)10(3)15-13(17)14-8-11(16)12-6-5-7-18-12/h5-7,9-11,16H,4,8H2,1-3H3,(H2,14,15,17)/t9-,10-,11+/m0/s1. The molecule has 3 atom stereocenters. The van der Waals surface area contributed by atoms with Gasteiger partial charge in [-0.05, 0) is 24.3 Å². The highest BCUT2D eigenvalue weighted by molar-refractivity contribution is 7.10. The molecule has 1 heterocycles. The minimum atomic E-state index is -0.630. The largest absolute Gasteiger partial charge is 0.386 e. The zero-order valence-corrected chi connectivity index (χ0v) is 12.0. The Morgan fingerprint density at radius 1 is 1.50 bits per heavy atom. The molecule has 0 fully saturated rings. The second-order valence-corrected chi connectivity index (χ2v) is 5.54. The normalized spacial score (nSPS) is 15.8. The second-order valence-electron chi connectivity index (χ2n) is 4.56. The first-order valence-corrected chi connectivity index (χ1v) is 7.18. The van der Waals surface area contributed by atoms with Gasteiger partial charge in [-0.1, -0.05) is 26.3 Å². The number of aliphatic hydroxyl groups is 1. The molecule has 0 aromatic carbocycles. The molecule has 0 aliphatic heterocycles. The van der Waals surface area contributed by atoms with Gasteiger partial charge in [0.25, 0.3) is 0 Å². The lowest BCUT2D eigenvalue weighted by Gasteiger charge is -2.20. The van der Waals surface area contributed by atoms with Gasteiger partial charge in [0.2, 0.25) is 0 Å². The van der Waals surface area contributed by atoms with Crippen molar-refractivity contribution < 1.29 is 9.90 Å². The van der Waals surface area contributed by atoms with Crippen LogP contribution < -0.4 is 10.6 Å². The van der Waals surface area contributed by atoms with Crippen molar-refractivity contribution in [2.45, 2.75) is 39.3 Å². The van der Waals surface area contributed by atoms with Crippen molar-refractivity contribution in [2.24, 2.45) is 5.92 Å². The van der Waals surface area contributed by atoms with Crippen LogP contribution in [-0.4, -0.2) is 23.7 Å². The monoisotopic (exact) mass is 270 g/mol. The van der Waals surface area contributed by atoms with E-state index in [-0.39, 0.29) is 18.6 Å². The molecule has 2 amide bonds. The number of urea groups is 1. The van der Waals surface area contributed by atoms with Crippen LogP contribution in [0.1, 0.15) is 38.2 Å². The first kappa shape index (κ1) is 15.0. The van der Waals surface area contributed by atoms with Gasteiger partial charge in [-0.2, -0.15) is 0 Å². The Kier molecular flexibility index (Phi) is 6.15. The number of carbonyl (C=O) groups is 1. The molecule has 5 heteroatoms. The molecule has 0 unspecified atom stereocenters. The molecule has 1 aromatic rings. The fraction of sp³-hybridized carbons (Fsp3) is 0.615. The van der Waals surface area contributed by atoms with Crippen molar-refractivity contribution in [1.82, 2.24) is 10.6 Å². The maximum atomic E-state index is 11.6. The van der Waals surface area contributed by atoms with Gasteiger partial charge < -0.3 is 15.7 Å². The van der Waals surface area contributed by atoms with Crippen LogP contribution in [0.15, 0.2) is 17.5 Å². The molecule has 1 aromatic heterocycles. The van der Waals surface area contributed by atoms with Crippen molar-refractivity contribution in [3.8, 4) is 0 Å². The lowest BCUT2D eigenvalue weighted by atomic mass is 10.0. The number of hydrogen-bond donors (Lipinski definition) is 3. The van der Waals surface area contributed by atoms with Crippen LogP contribution >= 0.6 is 11.3 Å². The van der Waals surface area contributed by atoms with Crippen molar-refractivity contribution in [3.63, 3.8) is 0 Å². The third-order valence-electron chi connectivity index (χ3n) is 3.18. The highest BCUT2D eigenvalue weighted by Gasteiger charge is 2.14. The average Bonchev–Trinajstić information content (AvgIpc) is 2.88. The van der Waals surface area contributed by atoms with Gasteiger partial charge in [0.05, 0.1) is 6.54 Å². The molecule has 0 saturated carbocycles. The van der Waals surface area contributed by atoms with E-state index in [0.29, 0.717) is 5.92 Å². The maximum absolute atomic E-state index is 11.6. The number of nitrogens with one attached hydrogen (secondary N) is 2. The van der Waals surface area contributed by atoms with Crippen molar-refractivity contribution in [3.05, 3.63) is 22.4 Å². The molecule has 0 aliphatic rings. The summed E-state index contributed by atoms with van der Waals surface area (Å²) in [6.45, 7) is 6.43. The van der Waals surface area contributed by atoms with Crippen LogP contribution in [0.5, 0.6) is 0 Å². The molecule has 0 aliphatic carbocycles.